The van der Waals surface area contributed by atoms with Crippen LogP contribution in [0.1, 0.15) is 38.5 Å². The van der Waals surface area contributed by atoms with E-state index < -0.39 is 28.0 Å². The summed E-state index contributed by atoms with van der Waals surface area (Å²) in [6.07, 6.45) is 3.86. The molecule has 7 nitrogen and oxygen atoms in total. The van der Waals surface area contributed by atoms with Crippen molar-refractivity contribution in [2.24, 2.45) is 5.92 Å². The van der Waals surface area contributed by atoms with Gasteiger partial charge >= 0.3 is 0 Å². The summed E-state index contributed by atoms with van der Waals surface area (Å²) in [6.45, 7) is 0.166. The molecule has 0 bridgehead atoms. The maximum atomic E-state index is 13.3. The molecule has 156 valence electrons. The minimum atomic E-state index is -3.92. The van der Waals surface area contributed by atoms with Crippen molar-refractivity contribution in [1.29, 1.82) is 0 Å². The Hall–Kier alpha value is -1.55. The molecule has 2 fully saturated rings. The Kier molecular flexibility index (Phi) is 7.03. The molecule has 0 spiro atoms. The van der Waals surface area contributed by atoms with Crippen molar-refractivity contribution in [3.8, 4) is 0 Å². The fourth-order valence-corrected chi connectivity index (χ4v) is 4.88. The zero-order valence-corrected chi connectivity index (χ0v) is 16.5. The molecule has 1 saturated carbocycles. The van der Waals surface area contributed by atoms with Crippen molar-refractivity contribution in [3.63, 3.8) is 0 Å². The third-order valence-corrected chi connectivity index (χ3v) is 6.94. The van der Waals surface area contributed by atoms with Crippen LogP contribution in [0.4, 0.5) is 4.39 Å². The Balaban J connectivity index is 1.50. The van der Waals surface area contributed by atoms with Gasteiger partial charge in [-0.2, -0.15) is 0 Å². The number of carbonyl (C=O) groups is 1. The van der Waals surface area contributed by atoms with Crippen LogP contribution in [0, 0.1) is 11.7 Å². The lowest BCUT2D eigenvalue weighted by atomic mass is 9.85. The number of hydrogen-bond acceptors (Lipinski definition) is 5. The van der Waals surface area contributed by atoms with Gasteiger partial charge in [0.2, 0.25) is 15.9 Å². The average molecular weight is 414 g/mol. The number of benzene rings is 1. The molecular weight excluding hydrogens is 387 g/mol. The van der Waals surface area contributed by atoms with Crippen LogP contribution in [0.15, 0.2) is 29.2 Å². The van der Waals surface area contributed by atoms with E-state index in [9.17, 15) is 22.7 Å². The maximum Gasteiger partial charge on any atom is 0.241 e. The zero-order chi connectivity index (χ0) is 20.1. The maximum absolute atomic E-state index is 13.3. The summed E-state index contributed by atoms with van der Waals surface area (Å²) in [5.74, 6) is -0.411. The Morgan fingerprint density at radius 1 is 1.25 bits per heavy atom. The summed E-state index contributed by atoms with van der Waals surface area (Å²) in [6, 6.07) is 4.18. The lowest BCUT2D eigenvalue weighted by Gasteiger charge is -2.36. The number of aliphatic hydroxyl groups is 1. The second-order valence-corrected chi connectivity index (χ2v) is 9.16. The Labute approximate surface area is 164 Å². The van der Waals surface area contributed by atoms with Crippen molar-refractivity contribution in [3.05, 3.63) is 30.1 Å². The number of nitrogens with one attached hydrogen (secondary N) is 2. The van der Waals surface area contributed by atoms with Crippen molar-refractivity contribution in [2.75, 3.05) is 13.2 Å². The second-order valence-electron chi connectivity index (χ2n) is 7.45. The summed E-state index contributed by atoms with van der Waals surface area (Å²) < 4.78 is 46.6. The van der Waals surface area contributed by atoms with E-state index in [2.05, 4.69) is 10.0 Å². The molecule has 0 radical (unpaired) electrons. The van der Waals surface area contributed by atoms with Gasteiger partial charge in [-0.25, -0.2) is 17.5 Å². The molecule has 9 heteroatoms. The lowest BCUT2D eigenvalue weighted by Crippen LogP contribution is -2.51. The largest absolute Gasteiger partial charge is 0.394 e. The van der Waals surface area contributed by atoms with Gasteiger partial charge < -0.3 is 15.2 Å². The Morgan fingerprint density at radius 3 is 2.68 bits per heavy atom. The van der Waals surface area contributed by atoms with E-state index in [4.69, 9.17) is 4.74 Å². The van der Waals surface area contributed by atoms with E-state index >= 15 is 0 Å². The highest BCUT2D eigenvalue weighted by atomic mass is 32.2. The average Bonchev–Trinajstić information content (AvgIpc) is 2.61. The number of rotatable bonds is 8. The van der Waals surface area contributed by atoms with Gasteiger partial charge in [0.25, 0.3) is 0 Å². The molecule has 28 heavy (non-hydrogen) atoms. The third-order valence-electron chi connectivity index (χ3n) is 5.45. The standard InChI is InChI=1S/C19H27FN2O5S/c20-14-5-2-6-16(11-14)28(25,26)22-17-8-7-15(27-18(17)12-23)9-10-21-19(24)13-3-1-4-13/h2,5-6,11,13,15,17-18,22-23H,1,3-4,7-10,12H2,(H,21,24)/t15-,17-,18-/m1/s1. The van der Waals surface area contributed by atoms with E-state index in [1.807, 2.05) is 0 Å². The fraction of sp³-hybridized carbons (Fsp3) is 0.632. The molecule has 1 amide bonds. The topological polar surface area (TPSA) is 105 Å². The number of amides is 1. The van der Waals surface area contributed by atoms with Gasteiger partial charge in [-0.3, -0.25) is 4.79 Å². The first kappa shape index (κ1) is 21.2. The van der Waals surface area contributed by atoms with Crippen LogP contribution in [0.3, 0.4) is 0 Å². The summed E-state index contributed by atoms with van der Waals surface area (Å²) in [7, 11) is -3.92. The van der Waals surface area contributed by atoms with Crippen LogP contribution >= 0.6 is 0 Å². The molecule has 0 aromatic heterocycles. The smallest absolute Gasteiger partial charge is 0.241 e. The minimum Gasteiger partial charge on any atom is -0.394 e. The van der Waals surface area contributed by atoms with Gasteiger partial charge in [0, 0.05) is 12.5 Å². The van der Waals surface area contributed by atoms with E-state index in [0.29, 0.717) is 25.8 Å². The van der Waals surface area contributed by atoms with Crippen LogP contribution in [0.2, 0.25) is 0 Å². The molecule has 1 saturated heterocycles. The fourth-order valence-electron chi connectivity index (χ4n) is 3.55. The van der Waals surface area contributed by atoms with Crippen LogP contribution in [-0.4, -0.2) is 50.8 Å². The molecule has 3 rings (SSSR count). The third kappa shape index (κ3) is 5.28. The highest BCUT2D eigenvalue weighted by molar-refractivity contribution is 7.89. The van der Waals surface area contributed by atoms with Gasteiger partial charge in [0.15, 0.2) is 0 Å². The molecule has 1 aliphatic carbocycles. The zero-order valence-electron chi connectivity index (χ0n) is 15.6. The number of halogens is 1. The quantitative estimate of drug-likeness (QED) is 0.595. The molecule has 1 aromatic rings. The van der Waals surface area contributed by atoms with Gasteiger partial charge in [-0.15, -0.1) is 0 Å². The first-order valence-corrected chi connectivity index (χ1v) is 11.2. The number of hydrogen-bond donors (Lipinski definition) is 3. The van der Waals surface area contributed by atoms with Gasteiger partial charge in [0.1, 0.15) is 5.82 Å². The highest BCUT2D eigenvalue weighted by Crippen LogP contribution is 2.26. The molecular formula is C19H27FN2O5S. The van der Waals surface area contributed by atoms with Crippen molar-refractivity contribution in [2.45, 2.75) is 61.7 Å². The highest BCUT2D eigenvalue weighted by Gasteiger charge is 2.34. The second kappa shape index (κ2) is 9.30. The van der Waals surface area contributed by atoms with Crippen LogP contribution in [-0.2, 0) is 19.6 Å². The van der Waals surface area contributed by atoms with Gasteiger partial charge in [0.05, 0.1) is 29.8 Å². The molecule has 0 unspecified atom stereocenters. The molecule has 2 aliphatic rings. The first-order chi connectivity index (χ1) is 13.4. The number of aliphatic hydroxyl groups excluding tert-OH is 1. The van der Waals surface area contributed by atoms with Crippen molar-refractivity contribution >= 4 is 15.9 Å². The molecule has 1 aliphatic heterocycles. The summed E-state index contributed by atoms with van der Waals surface area (Å²) >= 11 is 0. The summed E-state index contributed by atoms with van der Waals surface area (Å²) in [4.78, 5) is 11.7. The SMILES string of the molecule is O=C(NCC[C@H]1CC[C@@H](NS(=O)(=O)c2cccc(F)c2)[C@@H](CO)O1)C1CCC1. The van der Waals surface area contributed by atoms with E-state index in [1.165, 1.54) is 18.2 Å². The minimum absolute atomic E-state index is 0.0847. The molecule has 3 N–H and O–H groups in total. The van der Waals surface area contributed by atoms with Crippen molar-refractivity contribution < 1.29 is 27.4 Å². The summed E-state index contributed by atoms with van der Waals surface area (Å²) in [5, 5.41) is 12.5. The van der Waals surface area contributed by atoms with Crippen molar-refractivity contribution in [1.82, 2.24) is 10.0 Å². The van der Waals surface area contributed by atoms with E-state index in [-0.39, 0.29) is 29.4 Å². The van der Waals surface area contributed by atoms with Crippen LogP contribution < -0.4 is 10.0 Å². The van der Waals surface area contributed by atoms with E-state index in [0.717, 1.165) is 25.3 Å². The molecule has 1 aromatic carbocycles. The summed E-state index contributed by atoms with van der Waals surface area (Å²) in [5.41, 5.74) is 0. The number of carbonyl (C=O) groups excluding carboxylic acids is 1. The lowest BCUT2D eigenvalue weighted by molar-refractivity contribution is -0.127. The van der Waals surface area contributed by atoms with Gasteiger partial charge in [-0.05, 0) is 50.3 Å². The molecule has 3 atom stereocenters. The van der Waals surface area contributed by atoms with Crippen LogP contribution in [0.25, 0.3) is 0 Å². The predicted octanol–water partition coefficient (Wildman–Crippen LogP) is 1.32. The molecule has 1 heterocycles. The monoisotopic (exact) mass is 414 g/mol. The first-order valence-electron chi connectivity index (χ1n) is 9.71. The number of sulfonamides is 1. The predicted molar refractivity (Wildman–Crippen MR) is 100 cm³/mol. The number of ether oxygens (including phenoxy) is 1. The Morgan fingerprint density at radius 2 is 2.04 bits per heavy atom. The Bertz CT molecular complexity index is 784. The van der Waals surface area contributed by atoms with Crippen LogP contribution in [0.5, 0.6) is 0 Å². The van der Waals surface area contributed by atoms with E-state index in [1.54, 1.807) is 0 Å². The van der Waals surface area contributed by atoms with Gasteiger partial charge in [-0.1, -0.05) is 12.5 Å². The normalized spacial score (nSPS) is 25.9.